The molecule has 0 radical (unpaired) electrons. The molecule has 0 atom stereocenters. The Morgan fingerprint density at radius 3 is 2.00 bits per heavy atom. The number of nitrogens with zero attached hydrogens (tertiary/aromatic N) is 1. The lowest BCUT2D eigenvalue weighted by atomic mass is 10.1. The summed E-state index contributed by atoms with van der Waals surface area (Å²) in [5.74, 6) is 0. The van der Waals surface area contributed by atoms with E-state index in [-0.39, 0.29) is 0 Å². The van der Waals surface area contributed by atoms with Gasteiger partial charge in [0.2, 0.25) is 0 Å². The zero-order valence-corrected chi connectivity index (χ0v) is 12.5. The lowest BCUT2D eigenvalue weighted by Crippen LogP contribution is -2.11. The fourth-order valence-corrected chi connectivity index (χ4v) is 2.59. The zero-order valence-electron chi connectivity index (χ0n) is 12.5. The van der Waals surface area contributed by atoms with Gasteiger partial charge in [0.05, 0.1) is 0 Å². The second-order valence-corrected chi connectivity index (χ2v) is 5.30. The van der Waals surface area contributed by atoms with Crippen molar-refractivity contribution >= 4 is 17.1 Å². The molecule has 0 aliphatic carbocycles. The summed E-state index contributed by atoms with van der Waals surface area (Å²) in [4.78, 5) is 2.31. The molecule has 0 aromatic heterocycles. The topological polar surface area (TPSA) is 3.24 Å². The molecule has 0 N–H and O–H groups in total. The van der Waals surface area contributed by atoms with Gasteiger partial charge in [-0.15, -0.1) is 0 Å². The third-order valence-electron chi connectivity index (χ3n) is 3.63. The molecular weight excluding hydrogens is 254 g/mol. The number of aryl methyl sites for hydroxylation is 2. The Labute approximate surface area is 126 Å². The van der Waals surface area contributed by atoms with E-state index in [1.807, 2.05) is 0 Å². The second kappa shape index (κ2) is 5.84. The summed E-state index contributed by atoms with van der Waals surface area (Å²) in [5.41, 5.74) is 6.12. The lowest BCUT2D eigenvalue weighted by Gasteiger charge is -2.27. The Morgan fingerprint density at radius 2 is 1.29 bits per heavy atom. The zero-order chi connectivity index (χ0) is 14.7. The maximum absolute atomic E-state index is 2.31. The number of hydrogen-bond donors (Lipinski definition) is 0. The molecule has 1 heteroatoms. The van der Waals surface area contributed by atoms with Gasteiger partial charge in [-0.2, -0.15) is 0 Å². The van der Waals surface area contributed by atoms with E-state index in [9.17, 15) is 0 Å². The van der Waals surface area contributed by atoms with Gasteiger partial charge in [0, 0.05) is 17.1 Å². The maximum atomic E-state index is 2.31. The van der Waals surface area contributed by atoms with Crippen molar-refractivity contribution in [3.8, 4) is 0 Å². The van der Waals surface area contributed by atoms with E-state index in [1.165, 1.54) is 28.2 Å². The van der Waals surface area contributed by atoms with E-state index in [2.05, 4.69) is 97.6 Å². The van der Waals surface area contributed by atoms with Gasteiger partial charge in [-0.1, -0.05) is 48.5 Å². The molecular formula is C20H19N. The van der Waals surface area contributed by atoms with Crippen molar-refractivity contribution in [3.05, 3.63) is 90.0 Å². The van der Waals surface area contributed by atoms with Crippen LogP contribution in [0.4, 0.5) is 17.1 Å². The van der Waals surface area contributed by atoms with Crippen molar-refractivity contribution in [1.82, 2.24) is 0 Å². The van der Waals surface area contributed by atoms with Crippen LogP contribution in [0.15, 0.2) is 78.9 Å². The van der Waals surface area contributed by atoms with Crippen molar-refractivity contribution in [1.29, 1.82) is 0 Å². The molecule has 3 aromatic rings. The quantitative estimate of drug-likeness (QED) is 0.585. The normalized spacial score (nSPS) is 10.4. The first kappa shape index (κ1) is 13.4. The highest BCUT2D eigenvalue weighted by atomic mass is 15.1. The third kappa shape index (κ3) is 2.82. The molecule has 0 fully saturated rings. The average Bonchev–Trinajstić information content (AvgIpc) is 2.51. The summed E-state index contributed by atoms with van der Waals surface area (Å²) in [6.45, 7) is 4.28. The van der Waals surface area contributed by atoms with Crippen LogP contribution in [0.25, 0.3) is 0 Å². The standard InChI is InChI=1S/C20H19N/c1-16-9-8-13-19(15-16)21(18-11-4-3-5-12-18)20-14-7-6-10-17(20)2/h3-15H,1-2H3. The third-order valence-corrected chi connectivity index (χ3v) is 3.63. The Balaban J connectivity index is 2.19. The van der Waals surface area contributed by atoms with Gasteiger partial charge in [-0.25, -0.2) is 0 Å². The summed E-state index contributed by atoms with van der Waals surface area (Å²) in [6.07, 6.45) is 0. The van der Waals surface area contributed by atoms with Gasteiger partial charge in [-0.3, -0.25) is 0 Å². The number of hydrogen-bond acceptors (Lipinski definition) is 1. The number of anilines is 3. The van der Waals surface area contributed by atoms with E-state index in [0.29, 0.717) is 0 Å². The largest absolute Gasteiger partial charge is 0.310 e. The first-order valence-corrected chi connectivity index (χ1v) is 7.23. The minimum atomic E-state index is 1.18. The fourth-order valence-electron chi connectivity index (χ4n) is 2.59. The second-order valence-electron chi connectivity index (χ2n) is 5.30. The Morgan fingerprint density at radius 1 is 0.619 bits per heavy atom. The molecule has 0 bridgehead atoms. The van der Waals surface area contributed by atoms with Crippen LogP contribution in [0.3, 0.4) is 0 Å². The van der Waals surface area contributed by atoms with Crippen LogP contribution in [0, 0.1) is 13.8 Å². The van der Waals surface area contributed by atoms with Gasteiger partial charge in [0.15, 0.2) is 0 Å². The van der Waals surface area contributed by atoms with Gasteiger partial charge in [0.25, 0.3) is 0 Å². The van der Waals surface area contributed by atoms with Gasteiger partial charge >= 0.3 is 0 Å². The molecule has 104 valence electrons. The molecule has 0 heterocycles. The van der Waals surface area contributed by atoms with Gasteiger partial charge in [-0.05, 0) is 55.3 Å². The SMILES string of the molecule is Cc1cccc(N(c2ccccc2)c2ccccc2C)c1. The van der Waals surface area contributed by atoms with Crippen molar-refractivity contribution in [2.75, 3.05) is 4.90 Å². The molecule has 0 saturated carbocycles. The summed E-state index contributed by atoms with van der Waals surface area (Å²) >= 11 is 0. The minimum absolute atomic E-state index is 1.18. The molecule has 3 rings (SSSR count). The van der Waals surface area contributed by atoms with Gasteiger partial charge in [0.1, 0.15) is 0 Å². The van der Waals surface area contributed by atoms with E-state index in [0.717, 1.165) is 0 Å². The van der Waals surface area contributed by atoms with Crippen molar-refractivity contribution in [3.63, 3.8) is 0 Å². The molecule has 21 heavy (non-hydrogen) atoms. The van der Waals surface area contributed by atoms with Crippen LogP contribution in [-0.4, -0.2) is 0 Å². The predicted molar refractivity (Wildman–Crippen MR) is 90.6 cm³/mol. The Bertz CT molecular complexity index is 732. The highest BCUT2D eigenvalue weighted by Crippen LogP contribution is 2.36. The molecule has 1 nitrogen and oxygen atoms in total. The smallest absolute Gasteiger partial charge is 0.0490 e. The minimum Gasteiger partial charge on any atom is -0.310 e. The monoisotopic (exact) mass is 273 g/mol. The van der Waals surface area contributed by atoms with Crippen LogP contribution in [0.1, 0.15) is 11.1 Å². The van der Waals surface area contributed by atoms with Crippen LogP contribution in [0.5, 0.6) is 0 Å². The van der Waals surface area contributed by atoms with Crippen molar-refractivity contribution in [2.45, 2.75) is 13.8 Å². The Hall–Kier alpha value is -2.54. The fraction of sp³-hybridized carbons (Fsp3) is 0.100. The molecule has 3 aromatic carbocycles. The van der Waals surface area contributed by atoms with E-state index < -0.39 is 0 Å². The first-order chi connectivity index (χ1) is 10.3. The highest BCUT2D eigenvalue weighted by molar-refractivity contribution is 5.78. The number of para-hydroxylation sites is 2. The Kier molecular flexibility index (Phi) is 3.74. The molecule has 0 spiro atoms. The summed E-state index contributed by atoms with van der Waals surface area (Å²) < 4.78 is 0. The van der Waals surface area contributed by atoms with Crippen molar-refractivity contribution in [2.24, 2.45) is 0 Å². The van der Waals surface area contributed by atoms with Crippen LogP contribution < -0.4 is 4.90 Å². The first-order valence-electron chi connectivity index (χ1n) is 7.23. The molecule has 0 amide bonds. The molecule has 0 aliphatic heterocycles. The summed E-state index contributed by atoms with van der Waals surface area (Å²) in [6, 6.07) is 27.6. The van der Waals surface area contributed by atoms with Crippen molar-refractivity contribution < 1.29 is 0 Å². The molecule has 0 aliphatic rings. The van der Waals surface area contributed by atoms with E-state index >= 15 is 0 Å². The number of rotatable bonds is 3. The lowest BCUT2D eigenvalue weighted by molar-refractivity contribution is 1.24. The summed E-state index contributed by atoms with van der Waals surface area (Å²) in [7, 11) is 0. The highest BCUT2D eigenvalue weighted by Gasteiger charge is 2.13. The van der Waals surface area contributed by atoms with Crippen LogP contribution >= 0.6 is 0 Å². The predicted octanol–water partition coefficient (Wildman–Crippen LogP) is 5.77. The van der Waals surface area contributed by atoms with Gasteiger partial charge < -0.3 is 4.90 Å². The molecule has 0 unspecified atom stereocenters. The number of benzene rings is 3. The maximum Gasteiger partial charge on any atom is 0.0490 e. The van der Waals surface area contributed by atoms with Crippen LogP contribution in [0.2, 0.25) is 0 Å². The average molecular weight is 273 g/mol. The summed E-state index contributed by atoms with van der Waals surface area (Å²) in [5, 5.41) is 0. The van der Waals surface area contributed by atoms with E-state index in [4.69, 9.17) is 0 Å². The van der Waals surface area contributed by atoms with Crippen LogP contribution in [-0.2, 0) is 0 Å². The van der Waals surface area contributed by atoms with E-state index in [1.54, 1.807) is 0 Å². The molecule has 0 saturated heterocycles.